The number of benzene rings is 1. The van der Waals surface area contributed by atoms with E-state index in [4.69, 9.17) is 0 Å². The van der Waals surface area contributed by atoms with E-state index in [1.165, 1.54) is 12.1 Å². The summed E-state index contributed by atoms with van der Waals surface area (Å²) in [5.74, 6) is 0.929. The molecule has 1 aliphatic heterocycles. The normalized spacial score (nSPS) is 22.5. The summed E-state index contributed by atoms with van der Waals surface area (Å²) < 4.78 is 27.2. The zero-order chi connectivity index (χ0) is 17.9. The fourth-order valence-electron chi connectivity index (χ4n) is 3.13. The highest BCUT2D eigenvalue weighted by atomic mass is 32.2. The van der Waals surface area contributed by atoms with E-state index < -0.39 is 10.0 Å². The summed E-state index contributed by atoms with van der Waals surface area (Å²) in [7, 11) is -3.49. The van der Waals surface area contributed by atoms with E-state index in [9.17, 15) is 13.2 Å². The number of carbonyl (C=O) groups excluding carboxylic acids is 1. The summed E-state index contributed by atoms with van der Waals surface area (Å²) in [6.07, 6.45) is 1.06. The van der Waals surface area contributed by atoms with Crippen molar-refractivity contribution in [1.29, 1.82) is 0 Å². The largest absolute Gasteiger partial charge is 0.352 e. The number of hydrogen-bond acceptors (Lipinski definition) is 3. The van der Waals surface area contributed by atoms with Gasteiger partial charge in [0.1, 0.15) is 0 Å². The van der Waals surface area contributed by atoms with Crippen molar-refractivity contribution in [3.8, 4) is 0 Å². The van der Waals surface area contributed by atoms with Gasteiger partial charge < -0.3 is 5.32 Å². The third kappa shape index (κ3) is 4.57. The maximum absolute atomic E-state index is 12.8. The average Bonchev–Trinajstić information content (AvgIpc) is 2.51. The molecular formula is C18H28N2O3S. The SMILES string of the molecule is CC(C)CNC(=O)c1ccc(S(=O)(=O)N2CC(C)CC(C)C2)cc1. The molecule has 2 unspecified atom stereocenters. The molecule has 0 spiro atoms. The summed E-state index contributed by atoms with van der Waals surface area (Å²) in [4.78, 5) is 12.3. The minimum atomic E-state index is -3.49. The Kier molecular flexibility index (Phi) is 6.04. The van der Waals surface area contributed by atoms with E-state index in [2.05, 4.69) is 19.2 Å². The summed E-state index contributed by atoms with van der Waals surface area (Å²) in [6.45, 7) is 9.93. The van der Waals surface area contributed by atoms with Gasteiger partial charge in [0, 0.05) is 25.2 Å². The first-order chi connectivity index (χ1) is 11.2. The van der Waals surface area contributed by atoms with Crippen molar-refractivity contribution in [2.75, 3.05) is 19.6 Å². The third-order valence-corrected chi connectivity index (χ3v) is 6.11. The summed E-state index contributed by atoms with van der Waals surface area (Å²) in [6, 6.07) is 6.23. The molecule has 1 aromatic rings. The van der Waals surface area contributed by atoms with Crippen LogP contribution in [-0.2, 0) is 10.0 Å². The number of hydrogen-bond donors (Lipinski definition) is 1. The van der Waals surface area contributed by atoms with Crippen LogP contribution in [0.25, 0.3) is 0 Å². The van der Waals surface area contributed by atoms with Crippen molar-refractivity contribution in [2.45, 2.75) is 39.0 Å². The lowest BCUT2D eigenvalue weighted by molar-refractivity contribution is 0.0949. The Balaban J connectivity index is 2.13. The molecule has 0 aromatic heterocycles. The van der Waals surface area contributed by atoms with Crippen LogP contribution in [0.5, 0.6) is 0 Å². The van der Waals surface area contributed by atoms with Crippen molar-refractivity contribution in [3.05, 3.63) is 29.8 Å². The van der Waals surface area contributed by atoms with Crippen molar-refractivity contribution in [3.63, 3.8) is 0 Å². The molecule has 134 valence electrons. The van der Waals surface area contributed by atoms with Crippen LogP contribution in [0.4, 0.5) is 0 Å². The lowest BCUT2D eigenvalue weighted by atomic mass is 9.94. The lowest BCUT2D eigenvalue weighted by Gasteiger charge is -2.34. The molecule has 6 heteroatoms. The number of nitrogens with one attached hydrogen (secondary N) is 1. The van der Waals surface area contributed by atoms with Crippen LogP contribution in [0.3, 0.4) is 0 Å². The molecule has 1 amide bonds. The number of nitrogens with zero attached hydrogens (tertiary/aromatic N) is 1. The minimum absolute atomic E-state index is 0.173. The van der Waals surface area contributed by atoms with Gasteiger partial charge in [-0.2, -0.15) is 4.31 Å². The molecular weight excluding hydrogens is 324 g/mol. The van der Waals surface area contributed by atoms with Crippen LogP contribution in [-0.4, -0.2) is 38.3 Å². The van der Waals surface area contributed by atoms with E-state index >= 15 is 0 Å². The molecule has 0 radical (unpaired) electrons. The first-order valence-corrected chi connectivity index (χ1v) is 10.0. The minimum Gasteiger partial charge on any atom is -0.352 e. The molecule has 1 aromatic carbocycles. The maximum atomic E-state index is 12.8. The molecule has 24 heavy (non-hydrogen) atoms. The molecule has 2 rings (SSSR count). The first kappa shape index (κ1) is 18.9. The molecule has 1 aliphatic rings. The van der Waals surface area contributed by atoms with Crippen LogP contribution in [0.15, 0.2) is 29.2 Å². The molecule has 5 nitrogen and oxygen atoms in total. The van der Waals surface area contributed by atoms with Gasteiger partial charge in [-0.15, -0.1) is 0 Å². The van der Waals surface area contributed by atoms with E-state index in [0.717, 1.165) is 6.42 Å². The Hall–Kier alpha value is -1.40. The third-order valence-electron chi connectivity index (χ3n) is 4.26. The Morgan fingerprint density at radius 2 is 1.71 bits per heavy atom. The highest BCUT2D eigenvalue weighted by Crippen LogP contribution is 2.26. The Labute approximate surface area is 145 Å². The average molecular weight is 353 g/mol. The predicted octanol–water partition coefficient (Wildman–Crippen LogP) is 2.74. The van der Waals surface area contributed by atoms with Gasteiger partial charge in [0.2, 0.25) is 10.0 Å². The van der Waals surface area contributed by atoms with Crippen LogP contribution >= 0.6 is 0 Å². The lowest BCUT2D eigenvalue weighted by Crippen LogP contribution is -2.42. The fourth-order valence-corrected chi connectivity index (χ4v) is 4.81. The van der Waals surface area contributed by atoms with Gasteiger partial charge in [0.15, 0.2) is 0 Å². The molecule has 2 atom stereocenters. The van der Waals surface area contributed by atoms with Gasteiger partial charge in [0.05, 0.1) is 4.90 Å². The molecule has 0 aliphatic carbocycles. The smallest absolute Gasteiger partial charge is 0.251 e. The second-order valence-corrected chi connectivity index (χ2v) is 9.33. The van der Waals surface area contributed by atoms with E-state index in [0.29, 0.717) is 43.0 Å². The van der Waals surface area contributed by atoms with Crippen molar-refractivity contribution in [1.82, 2.24) is 9.62 Å². The van der Waals surface area contributed by atoms with Gasteiger partial charge in [-0.3, -0.25) is 4.79 Å². The number of piperidine rings is 1. The molecule has 1 fully saturated rings. The summed E-state index contributed by atoms with van der Waals surface area (Å²) in [5, 5.41) is 2.83. The Bertz CT molecular complexity index is 658. The number of rotatable bonds is 5. The molecule has 1 N–H and O–H groups in total. The second kappa shape index (κ2) is 7.66. The quantitative estimate of drug-likeness (QED) is 0.886. The summed E-state index contributed by atoms with van der Waals surface area (Å²) in [5.41, 5.74) is 0.481. The van der Waals surface area contributed by atoms with E-state index in [-0.39, 0.29) is 10.8 Å². The maximum Gasteiger partial charge on any atom is 0.251 e. The number of sulfonamides is 1. The number of amides is 1. The van der Waals surface area contributed by atoms with Crippen LogP contribution < -0.4 is 5.32 Å². The zero-order valence-electron chi connectivity index (χ0n) is 15.0. The molecule has 1 heterocycles. The highest BCUT2D eigenvalue weighted by Gasteiger charge is 2.31. The zero-order valence-corrected chi connectivity index (χ0v) is 15.8. The van der Waals surface area contributed by atoms with Gasteiger partial charge in [-0.25, -0.2) is 8.42 Å². The van der Waals surface area contributed by atoms with Gasteiger partial charge in [-0.1, -0.05) is 27.7 Å². The second-order valence-electron chi connectivity index (χ2n) is 7.40. The van der Waals surface area contributed by atoms with E-state index in [1.54, 1.807) is 16.4 Å². The number of carbonyl (C=O) groups is 1. The van der Waals surface area contributed by atoms with Gasteiger partial charge in [0.25, 0.3) is 5.91 Å². The van der Waals surface area contributed by atoms with Crippen LogP contribution in [0.2, 0.25) is 0 Å². The summed E-state index contributed by atoms with van der Waals surface area (Å²) >= 11 is 0. The fraction of sp³-hybridized carbons (Fsp3) is 0.611. The highest BCUT2D eigenvalue weighted by molar-refractivity contribution is 7.89. The molecule has 0 saturated carbocycles. The Morgan fingerprint density at radius 3 is 2.21 bits per heavy atom. The van der Waals surface area contributed by atoms with Gasteiger partial charge >= 0.3 is 0 Å². The topological polar surface area (TPSA) is 66.5 Å². The monoisotopic (exact) mass is 352 g/mol. The van der Waals surface area contributed by atoms with Crippen molar-refractivity contribution >= 4 is 15.9 Å². The van der Waals surface area contributed by atoms with Crippen molar-refractivity contribution in [2.24, 2.45) is 17.8 Å². The first-order valence-electron chi connectivity index (χ1n) is 8.58. The standard InChI is InChI=1S/C18H28N2O3S/c1-13(2)10-19-18(21)16-5-7-17(8-6-16)24(22,23)20-11-14(3)9-15(4)12-20/h5-8,13-15H,9-12H2,1-4H3,(H,19,21). The Morgan fingerprint density at radius 1 is 1.17 bits per heavy atom. The van der Waals surface area contributed by atoms with Crippen molar-refractivity contribution < 1.29 is 13.2 Å². The van der Waals surface area contributed by atoms with Crippen LogP contribution in [0.1, 0.15) is 44.5 Å². The molecule has 1 saturated heterocycles. The van der Waals surface area contributed by atoms with Crippen LogP contribution in [0, 0.1) is 17.8 Å². The van der Waals surface area contributed by atoms with Gasteiger partial charge in [-0.05, 0) is 48.4 Å². The molecule has 0 bridgehead atoms. The predicted molar refractivity (Wildman–Crippen MR) is 95.3 cm³/mol. The van der Waals surface area contributed by atoms with E-state index in [1.807, 2.05) is 13.8 Å².